The van der Waals surface area contributed by atoms with E-state index < -0.39 is 0 Å². The van der Waals surface area contributed by atoms with Crippen molar-refractivity contribution < 1.29 is 4.79 Å². The number of piperazine rings is 1. The molecule has 5 nitrogen and oxygen atoms in total. The highest BCUT2D eigenvalue weighted by Crippen LogP contribution is 2.26. The van der Waals surface area contributed by atoms with Gasteiger partial charge in [0.1, 0.15) is 0 Å². The molecule has 2 heterocycles. The Balaban J connectivity index is 1.49. The van der Waals surface area contributed by atoms with Crippen molar-refractivity contribution in [2.45, 2.75) is 0 Å². The highest BCUT2D eigenvalue weighted by atomic mass is 79.9. The summed E-state index contributed by atoms with van der Waals surface area (Å²) in [6.07, 6.45) is 1.83. The number of aromatic nitrogens is 1. The molecule has 1 fully saturated rings. The van der Waals surface area contributed by atoms with Crippen molar-refractivity contribution in [2.24, 2.45) is 0 Å². The fourth-order valence-electron chi connectivity index (χ4n) is 2.45. The lowest BCUT2D eigenvalue weighted by atomic mass is 10.3. The number of carbonyl (C=O) groups excluding carboxylic acids is 1. The summed E-state index contributed by atoms with van der Waals surface area (Å²) in [5.41, 5.74) is 0.791. The van der Waals surface area contributed by atoms with Crippen LogP contribution in [0.2, 0.25) is 0 Å². The molecule has 0 radical (unpaired) electrons. The smallest absolute Gasteiger partial charge is 0.238 e. The minimum absolute atomic E-state index is 0.00993. The Kier molecular flexibility index (Phi) is 5.68. The quantitative estimate of drug-likeness (QED) is 0.760. The van der Waals surface area contributed by atoms with E-state index in [1.165, 1.54) is 0 Å². The molecule has 23 heavy (non-hydrogen) atoms. The minimum Gasteiger partial charge on any atom is -0.346 e. The summed E-state index contributed by atoms with van der Waals surface area (Å²) in [4.78, 5) is 21.0. The maximum atomic E-state index is 12.2. The van der Waals surface area contributed by atoms with Crippen molar-refractivity contribution >= 4 is 59.9 Å². The van der Waals surface area contributed by atoms with Crippen LogP contribution in [0.1, 0.15) is 0 Å². The molecule has 0 aliphatic carbocycles. The Morgan fingerprint density at radius 3 is 2.70 bits per heavy atom. The van der Waals surface area contributed by atoms with Gasteiger partial charge in [0, 0.05) is 46.7 Å². The van der Waals surface area contributed by atoms with Gasteiger partial charge in [-0.3, -0.25) is 9.69 Å². The number of benzene rings is 1. The molecule has 1 aliphatic heterocycles. The third-order valence-corrected chi connectivity index (χ3v) is 5.62. The second-order valence-corrected chi connectivity index (χ2v) is 7.89. The van der Waals surface area contributed by atoms with Crippen molar-refractivity contribution in [1.82, 2.24) is 9.88 Å². The van der Waals surface area contributed by atoms with E-state index in [-0.39, 0.29) is 5.91 Å². The number of nitrogens with one attached hydrogen (secondary N) is 1. The molecule has 122 valence electrons. The number of hydrogen-bond acceptors (Lipinski definition) is 5. The van der Waals surface area contributed by atoms with Crippen LogP contribution in [-0.2, 0) is 4.79 Å². The molecule has 3 rings (SSSR count). The molecule has 1 aromatic carbocycles. The van der Waals surface area contributed by atoms with Gasteiger partial charge in [0.2, 0.25) is 5.91 Å². The molecule has 1 aliphatic rings. The van der Waals surface area contributed by atoms with E-state index in [9.17, 15) is 4.79 Å². The molecule has 2 aromatic rings. The molecule has 0 spiro atoms. The topological polar surface area (TPSA) is 48.5 Å². The number of halogens is 2. The first-order valence-corrected chi connectivity index (χ1v) is 9.70. The normalized spacial score (nSPS) is 15.7. The highest BCUT2D eigenvalue weighted by molar-refractivity contribution is 9.11. The maximum Gasteiger partial charge on any atom is 0.238 e. The van der Waals surface area contributed by atoms with Crippen LogP contribution in [0.3, 0.4) is 0 Å². The van der Waals surface area contributed by atoms with E-state index in [0.29, 0.717) is 6.54 Å². The van der Waals surface area contributed by atoms with Crippen LogP contribution in [0.25, 0.3) is 0 Å². The third kappa shape index (κ3) is 4.53. The average Bonchev–Trinajstić information content (AvgIpc) is 3.05. The summed E-state index contributed by atoms with van der Waals surface area (Å²) < 4.78 is 1.84. The minimum atomic E-state index is 0.00993. The predicted molar refractivity (Wildman–Crippen MR) is 101 cm³/mol. The Labute approximate surface area is 155 Å². The first-order valence-electron chi connectivity index (χ1n) is 7.23. The maximum absolute atomic E-state index is 12.2. The average molecular weight is 460 g/mol. The monoisotopic (exact) mass is 458 g/mol. The van der Waals surface area contributed by atoms with Crippen molar-refractivity contribution in [3.8, 4) is 0 Å². The molecule has 0 atom stereocenters. The van der Waals surface area contributed by atoms with Crippen LogP contribution < -0.4 is 10.2 Å². The molecular weight excluding hydrogens is 444 g/mol. The van der Waals surface area contributed by atoms with Crippen LogP contribution in [0.4, 0.5) is 10.8 Å². The predicted octanol–water partition coefficient (Wildman–Crippen LogP) is 3.43. The number of anilines is 2. The number of amides is 1. The van der Waals surface area contributed by atoms with Gasteiger partial charge in [-0.15, -0.1) is 11.3 Å². The van der Waals surface area contributed by atoms with Gasteiger partial charge in [0.15, 0.2) is 5.13 Å². The number of rotatable bonds is 4. The van der Waals surface area contributed by atoms with Gasteiger partial charge in [0.25, 0.3) is 0 Å². The summed E-state index contributed by atoms with van der Waals surface area (Å²) in [6.45, 7) is 3.96. The first kappa shape index (κ1) is 16.9. The van der Waals surface area contributed by atoms with Gasteiger partial charge in [-0.25, -0.2) is 4.98 Å². The molecular formula is C15H16Br2N4OS. The number of carbonyl (C=O) groups is 1. The molecule has 1 aromatic heterocycles. The Hall–Kier alpha value is -0.960. The summed E-state index contributed by atoms with van der Waals surface area (Å²) in [6, 6.07) is 5.71. The standard InChI is InChI=1S/C15H16Br2N4OS/c16-11-1-2-13(12(17)9-11)19-14(22)10-20-4-6-21(7-5-20)15-18-3-8-23-15/h1-3,8-9H,4-7,10H2,(H,19,22). The van der Waals surface area contributed by atoms with Crippen LogP contribution in [0.15, 0.2) is 38.7 Å². The summed E-state index contributed by atoms with van der Waals surface area (Å²) in [5.74, 6) is 0.00993. The fraction of sp³-hybridized carbons (Fsp3) is 0.333. The van der Waals surface area contributed by atoms with Crippen molar-refractivity contribution in [3.63, 3.8) is 0 Å². The largest absolute Gasteiger partial charge is 0.346 e. The summed E-state index contributed by atoms with van der Waals surface area (Å²) >= 11 is 8.52. The molecule has 1 amide bonds. The van der Waals surface area contributed by atoms with Gasteiger partial charge in [0.05, 0.1) is 12.2 Å². The molecule has 0 bridgehead atoms. The van der Waals surface area contributed by atoms with Gasteiger partial charge in [-0.2, -0.15) is 0 Å². The molecule has 0 saturated carbocycles. The van der Waals surface area contributed by atoms with E-state index in [4.69, 9.17) is 0 Å². The second-order valence-electron chi connectivity index (χ2n) is 5.25. The number of hydrogen-bond donors (Lipinski definition) is 1. The zero-order chi connectivity index (χ0) is 16.2. The Morgan fingerprint density at radius 1 is 1.26 bits per heavy atom. The van der Waals surface area contributed by atoms with E-state index in [2.05, 4.69) is 52.0 Å². The second kappa shape index (κ2) is 7.74. The fourth-order valence-corrected chi connectivity index (χ4v) is 4.30. The van der Waals surface area contributed by atoms with Crippen LogP contribution in [0, 0.1) is 0 Å². The van der Waals surface area contributed by atoms with Gasteiger partial charge < -0.3 is 10.2 Å². The summed E-state index contributed by atoms with van der Waals surface area (Å²) in [7, 11) is 0. The van der Waals surface area contributed by atoms with Crippen molar-refractivity contribution in [1.29, 1.82) is 0 Å². The van der Waals surface area contributed by atoms with Crippen LogP contribution in [0.5, 0.6) is 0 Å². The van der Waals surface area contributed by atoms with Crippen LogP contribution >= 0.6 is 43.2 Å². The van der Waals surface area contributed by atoms with E-state index >= 15 is 0 Å². The SMILES string of the molecule is O=C(CN1CCN(c2nccs2)CC1)Nc1ccc(Br)cc1Br. The lowest BCUT2D eigenvalue weighted by molar-refractivity contribution is -0.117. The van der Waals surface area contributed by atoms with E-state index in [0.717, 1.165) is 45.9 Å². The van der Waals surface area contributed by atoms with E-state index in [1.54, 1.807) is 11.3 Å². The molecule has 0 unspecified atom stereocenters. The molecule has 8 heteroatoms. The van der Waals surface area contributed by atoms with Crippen LogP contribution in [-0.4, -0.2) is 48.5 Å². The lowest BCUT2D eigenvalue weighted by Crippen LogP contribution is -2.48. The van der Waals surface area contributed by atoms with Gasteiger partial charge in [-0.1, -0.05) is 15.9 Å². The molecule has 1 saturated heterocycles. The van der Waals surface area contributed by atoms with Gasteiger partial charge in [-0.05, 0) is 34.1 Å². The van der Waals surface area contributed by atoms with E-state index in [1.807, 2.05) is 29.8 Å². The number of nitrogens with zero attached hydrogens (tertiary/aromatic N) is 3. The lowest BCUT2D eigenvalue weighted by Gasteiger charge is -2.34. The Morgan fingerprint density at radius 2 is 2.04 bits per heavy atom. The van der Waals surface area contributed by atoms with Crippen molar-refractivity contribution in [3.05, 3.63) is 38.7 Å². The zero-order valence-corrected chi connectivity index (χ0v) is 16.3. The first-order chi connectivity index (χ1) is 11.1. The number of thiazole rings is 1. The molecule has 1 N–H and O–H groups in total. The van der Waals surface area contributed by atoms with Gasteiger partial charge >= 0.3 is 0 Å². The summed E-state index contributed by atoms with van der Waals surface area (Å²) in [5, 5.41) is 6.01. The van der Waals surface area contributed by atoms with Crippen molar-refractivity contribution in [2.75, 3.05) is 42.9 Å². The Bertz CT molecular complexity index is 672. The zero-order valence-electron chi connectivity index (χ0n) is 12.3. The highest BCUT2D eigenvalue weighted by Gasteiger charge is 2.20. The third-order valence-electron chi connectivity index (χ3n) is 3.63.